The molecule has 1 spiro atoms. The molecule has 1 saturated heterocycles. The van der Waals surface area contributed by atoms with Crippen LogP contribution in [-0.2, 0) is 6.54 Å². The molecule has 2 fully saturated rings. The Bertz CT molecular complexity index is 499. The molecule has 0 atom stereocenters. The van der Waals surface area contributed by atoms with Crippen molar-refractivity contribution in [2.45, 2.75) is 51.5 Å². The average Bonchev–Trinajstić information content (AvgIpc) is 2.51. The SMILES string of the molecule is NC(=S)c1ncccc1CN1CCC2(CCCCC2)CC1. The normalized spacial score (nSPS) is 22.3. The number of rotatable bonds is 3. The van der Waals surface area contributed by atoms with Crippen LogP contribution in [0.15, 0.2) is 18.3 Å². The summed E-state index contributed by atoms with van der Waals surface area (Å²) in [5.41, 5.74) is 8.41. The number of hydrogen-bond acceptors (Lipinski definition) is 3. The van der Waals surface area contributed by atoms with E-state index in [0.29, 0.717) is 10.4 Å². The van der Waals surface area contributed by atoms with Crippen molar-refractivity contribution < 1.29 is 0 Å². The second-order valence-electron chi connectivity index (χ2n) is 6.71. The van der Waals surface area contributed by atoms with Crippen molar-refractivity contribution >= 4 is 17.2 Å². The summed E-state index contributed by atoms with van der Waals surface area (Å²) in [4.78, 5) is 7.28. The molecule has 0 aromatic carbocycles. The van der Waals surface area contributed by atoms with Crippen LogP contribution < -0.4 is 5.73 Å². The van der Waals surface area contributed by atoms with Gasteiger partial charge in [0.05, 0.1) is 0 Å². The quantitative estimate of drug-likeness (QED) is 0.870. The molecule has 114 valence electrons. The number of thiocarbonyl (C=S) groups is 1. The van der Waals surface area contributed by atoms with Gasteiger partial charge in [-0.3, -0.25) is 9.88 Å². The predicted octanol–water partition coefficient (Wildman–Crippen LogP) is 3.26. The number of nitrogens with two attached hydrogens (primary N) is 1. The third-order valence-corrected chi connectivity index (χ3v) is 5.54. The Balaban J connectivity index is 1.62. The van der Waals surface area contributed by atoms with Crippen LogP contribution >= 0.6 is 12.2 Å². The van der Waals surface area contributed by atoms with E-state index < -0.39 is 0 Å². The van der Waals surface area contributed by atoms with Gasteiger partial charge in [-0.05, 0) is 55.8 Å². The summed E-state index contributed by atoms with van der Waals surface area (Å²) in [6, 6.07) is 4.08. The van der Waals surface area contributed by atoms with E-state index in [9.17, 15) is 0 Å². The van der Waals surface area contributed by atoms with Gasteiger partial charge in [0.1, 0.15) is 10.7 Å². The Kier molecular flexibility index (Phi) is 4.55. The molecule has 1 aromatic heterocycles. The van der Waals surface area contributed by atoms with Gasteiger partial charge >= 0.3 is 0 Å². The number of likely N-dealkylation sites (tertiary alicyclic amines) is 1. The molecule has 2 aliphatic rings. The second kappa shape index (κ2) is 6.41. The maximum absolute atomic E-state index is 5.78. The highest BCUT2D eigenvalue weighted by molar-refractivity contribution is 7.80. The van der Waals surface area contributed by atoms with Crippen molar-refractivity contribution in [3.8, 4) is 0 Å². The predicted molar refractivity (Wildman–Crippen MR) is 90.2 cm³/mol. The van der Waals surface area contributed by atoms with Gasteiger partial charge in [0.15, 0.2) is 0 Å². The largest absolute Gasteiger partial charge is 0.388 e. The summed E-state index contributed by atoms with van der Waals surface area (Å²) in [6.07, 6.45) is 11.7. The van der Waals surface area contributed by atoms with Gasteiger partial charge in [-0.25, -0.2) is 0 Å². The minimum Gasteiger partial charge on any atom is -0.388 e. The molecule has 1 aromatic rings. The van der Waals surface area contributed by atoms with Gasteiger partial charge in [0, 0.05) is 12.7 Å². The van der Waals surface area contributed by atoms with Crippen LogP contribution in [0.3, 0.4) is 0 Å². The first-order chi connectivity index (χ1) is 10.2. The van der Waals surface area contributed by atoms with Crippen molar-refractivity contribution in [1.82, 2.24) is 9.88 Å². The molecule has 1 aliphatic heterocycles. The number of pyridine rings is 1. The number of aromatic nitrogens is 1. The molecule has 2 heterocycles. The summed E-state index contributed by atoms with van der Waals surface area (Å²) >= 11 is 5.11. The highest BCUT2D eigenvalue weighted by Gasteiger charge is 2.35. The van der Waals surface area contributed by atoms with Crippen LogP contribution in [0.1, 0.15) is 56.2 Å². The Labute approximate surface area is 132 Å². The van der Waals surface area contributed by atoms with E-state index in [-0.39, 0.29) is 0 Å². The Morgan fingerprint density at radius 3 is 2.57 bits per heavy atom. The minimum absolute atomic E-state index is 0.409. The van der Waals surface area contributed by atoms with Crippen LogP contribution in [0.25, 0.3) is 0 Å². The lowest BCUT2D eigenvalue weighted by molar-refractivity contribution is 0.0641. The molecule has 1 saturated carbocycles. The van der Waals surface area contributed by atoms with Crippen molar-refractivity contribution in [3.63, 3.8) is 0 Å². The molecular weight excluding hydrogens is 278 g/mol. The van der Waals surface area contributed by atoms with E-state index >= 15 is 0 Å². The Morgan fingerprint density at radius 2 is 1.90 bits per heavy atom. The molecular formula is C17H25N3S. The molecule has 0 radical (unpaired) electrons. The number of nitrogens with zero attached hydrogens (tertiary/aromatic N) is 2. The smallest absolute Gasteiger partial charge is 0.123 e. The van der Waals surface area contributed by atoms with Crippen molar-refractivity contribution in [2.24, 2.45) is 11.1 Å². The third kappa shape index (κ3) is 3.43. The van der Waals surface area contributed by atoms with Gasteiger partial charge < -0.3 is 5.73 Å². The fourth-order valence-electron chi connectivity index (χ4n) is 4.02. The highest BCUT2D eigenvalue weighted by atomic mass is 32.1. The van der Waals surface area contributed by atoms with Gasteiger partial charge in [-0.15, -0.1) is 0 Å². The molecule has 0 unspecified atom stereocenters. The Hall–Kier alpha value is -1.00. The van der Waals surface area contributed by atoms with Gasteiger partial charge in [-0.1, -0.05) is 37.5 Å². The first kappa shape index (κ1) is 14.9. The third-order valence-electron chi connectivity index (χ3n) is 5.35. The van der Waals surface area contributed by atoms with Crippen molar-refractivity contribution in [2.75, 3.05) is 13.1 Å². The van der Waals surface area contributed by atoms with Crippen LogP contribution in [0.4, 0.5) is 0 Å². The van der Waals surface area contributed by atoms with Gasteiger partial charge in [0.2, 0.25) is 0 Å². The standard InChI is InChI=1S/C17H25N3S/c18-16(21)15-14(5-4-10-19-15)13-20-11-8-17(9-12-20)6-2-1-3-7-17/h4-5,10H,1-3,6-9,11-13H2,(H2,18,21). The first-order valence-corrected chi connectivity index (χ1v) is 8.55. The zero-order valence-corrected chi connectivity index (χ0v) is 13.5. The summed E-state index contributed by atoms with van der Waals surface area (Å²) in [6.45, 7) is 3.33. The monoisotopic (exact) mass is 303 g/mol. The van der Waals surface area contributed by atoms with E-state index in [1.165, 1.54) is 63.6 Å². The first-order valence-electron chi connectivity index (χ1n) is 8.15. The van der Waals surface area contributed by atoms with Gasteiger partial charge in [-0.2, -0.15) is 0 Å². The van der Waals surface area contributed by atoms with Crippen molar-refractivity contribution in [1.29, 1.82) is 0 Å². The average molecular weight is 303 g/mol. The van der Waals surface area contributed by atoms with E-state index in [0.717, 1.165) is 12.2 Å². The van der Waals surface area contributed by atoms with E-state index in [1.807, 2.05) is 6.07 Å². The summed E-state index contributed by atoms with van der Waals surface area (Å²) in [5.74, 6) is 0. The topological polar surface area (TPSA) is 42.1 Å². The van der Waals surface area contributed by atoms with Crippen LogP contribution in [0, 0.1) is 5.41 Å². The molecule has 21 heavy (non-hydrogen) atoms. The molecule has 3 nitrogen and oxygen atoms in total. The highest BCUT2D eigenvalue weighted by Crippen LogP contribution is 2.44. The lowest BCUT2D eigenvalue weighted by Crippen LogP contribution is -2.41. The fourth-order valence-corrected chi connectivity index (χ4v) is 4.20. The maximum atomic E-state index is 5.78. The van der Waals surface area contributed by atoms with E-state index in [4.69, 9.17) is 18.0 Å². The second-order valence-corrected chi connectivity index (χ2v) is 7.15. The lowest BCUT2D eigenvalue weighted by Gasteiger charge is -2.44. The summed E-state index contributed by atoms with van der Waals surface area (Å²) in [7, 11) is 0. The Morgan fingerprint density at radius 1 is 1.19 bits per heavy atom. The van der Waals surface area contributed by atoms with E-state index in [2.05, 4.69) is 16.0 Å². The number of piperidine rings is 1. The summed E-state index contributed by atoms with van der Waals surface area (Å²) < 4.78 is 0. The fraction of sp³-hybridized carbons (Fsp3) is 0.647. The molecule has 3 rings (SSSR count). The molecule has 4 heteroatoms. The minimum atomic E-state index is 0.409. The van der Waals surface area contributed by atoms with Crippen LogP contribution in [-0.4, -0.2) is 28.0 Å². The van der Waals surface area contributed by atoms with Crippen molar-refractivity contribution in [3.05, 3.63) is 29.6 Å². The molecule has 0 bridgehead atoms. The molecule has 0 amide bonds. The number of hydrogen-bond donors (Lipinski definition) is 1. The van der Waals surface area contributed by atoms with E-state index in [1.54, 1.807) is 6.20 Å². The molecule has 2 N–H and O–H groups in total. The van der Waals surface area contributed by atoms with Crippen LogP contribution in [0.2, 0.25) is 0 Å². The zero-order chi connectivity index (χ0) is 14.7. The molecule has 1 aliphatic carbocycles. The zero-order valence-electron chi connectivity index (χ0n) is 12.7. The lowest BCUT2D eigenvalue weighted by atomic mass is 9.68. The van der Waals surface area contributed by atoms with Crippen LogP contribution in [0.5, 0.6) is 0 Å². The summed E-state index contributed by atoms with van der Waals surface area (Å²) in [5, 5.41) is 0. The maximum Gasteiger partial charge on any atom is 0.123 e. The van der Waals surface area contributed by atoms with Gasteiger partial charge in [0.25, 0.3) is 0 Å².